The Balaban J connectivity index is 0.000000640. The van der Waals surface area contributed by atoms with E-state index in [0.29, 0.717) is 25.8 Å². The van der Waals surface area contributed by atoms with Gasteiger partial charge in [0.05, 0.1) is 12.2 Å². The molecule has 0 bridgehead atoms. The van der Waals surface area contributed by atoms with Gasteiger partial charge in [-0.05, 0) is 31.7 Å². The number of hydrogen-bond donors (Lipinski definition) is 5. The van der Waals surface area contributed by atoms with Gasteiger partial charge in [0, 0.05) is 12.0 Å². The van der Waals surface area contributed by atoms with E-state index in [1.54, 1.807) is 0 Å². The largest absolute Gasteiger partial charge is 0.490 e. The molecule has 142 valence electrons. The fraction of sp³-hybridized carbons (Fsp3) is 0.857. The molecular weight excluding hydrogens is 333 g/mol. The van der Waals surface area contributed by atoms with E-state index in [1.165, 1.54) is 0 Å². The monoisotopic (exact) mass is 358 g/mol. The highest BCUT2D eigenvalue weighted by Crippen LogP contribution is 2.21. The van der Waals surface area contributed by atoms with E-state index < -0.39 is 24.4 Å². The fourth-order valence-electron chi connectivity index (χ4n) is 2.37. The Morgan fingerprint density at radius 1 is 1.21 bits per heavy atom. The van der Waals surface area contributed by atoms with Crippen LogP contribution >= 0.6 is 0 Å². The van der Waals surface area contributed by atoms with E-state index in [9.17, 15) is 28.2 Å². The molecule has 0 aromatic carbocycles. The maximum atomic E-state index is 12.0. The first kappa shape index (κ1) is 22.6. The van der Waals surface area contributed by atoms with Gasteiger partial charge in [0.25, 0.3) is 0 Å². The third kappa shape index (κ3) is 7.93. The van der Waals surface area contributed by atoms with Crippen molar-refractivity contribution in [1.82, 2.24) is 5.32 Å². The number of alkyl halides is 3. The van der Waals surface area contributed by atoms with Gasteiger partial charge in [-0.2, -0.15) is 13.2 Å². The molecular formula is C14H25F3N2O5. The number of aliphatic carboxylic acids is 1. The third-order valence-corrected chi connectivity index (χ3v) is 3.70. The second kappa shape index (κ2) is 9.80. The first-order valence-electron chi connectivity index (χ1n) is 7.56. The number of nitrogens with two attached hydrogens (primary N) is 1. The molecule has 7 nitrogen and oxygen atoms in total. The minimum atomic E-state index is -5.08. The van der Waals surface area contributed by atoms with Crippen LogP contribution in [0.25, 0.3) is 0 Å². The van der Waals surface area contributed by atoms with Crippen LogP contribution in [0.1, 0.15) is 33.1 Å². The van der Waals surface area contributed by atoms with Crippen molar-refractivity contribution in [2.75, 3.05) is 6.54 Å². The minimum absolute atomic E-state index is 0.0169. The maximum absolute atomic E-state index is 12.0. The quantitative estimate of drug-likeness (QED) is 0.478. The normalized spacial score (nSPS) is 25.0. The summed E-state index contributed by atoms with van der Waals surface area (Å²) in [6.45, 7) is 4.49. The number of amides is 1. The van der Waals surface area contributed by atoms with Crippen LogP contribution in [0.5, 0.6) is 0 Å². The number of hydrogen-bond acceptors (Lipinski definition) is 5. The van der Waals surface area contributed by atoms with Crippen LogP contribution in [0.2, 0.25) is 0 Å². The highest BCUT2D eigenvalue weighted by Gasteiger charge is 2.38. The van der Waals surface area contributed by atoms with Crippen LogP contribution in [0.4, 0.5) is 13.2 Å². The molecule has 0 radical (unpaired) electrons. The van der Waals surface area contributed by atoms with Crippen molar-refractivity contribution in [2.45, 2.75) is 57.5 Å². The third-order valence-electron chi connectivity index (χ3n) is 3.70. The van der Waals surface area contributed by atoms with Gasteiger partial charge in [-0.1, -0.05) is 13.8 Å². The summed E-state index contributed by atoms with van der Waals surface area (Å²) in [6, 6.07) is -0.119. The predicted molar refractivity (Wildman–Crippen MR) is 78.9 cm³/mol. The van der Waals surface area contributed by atoms with Crippen molar-refractivity contribution in [3.63, 3.8) is 0 Å². The highest BCUT2D eigenvalue weighted by atomic mass is 19.4. The Hall–Kier alpha value is -1.39. The second-order valence-electron chi connectivity index (χ2n) is 6.04. The van der Waals surface area contributed by atoms with Crippen LogP contribution < -0.4 is 11.1 Å². The maximum Gasteiger partial charge on any atom is 0.490 e. The van der Waals surface area contributed by atoms with Crippen molar-refractivity contribution in [3.05, 3.63) is 0 Å². The van der Waals surface area contributed by atoms with Gasteiger partial charge in [0.2, 0.25) is 5.91 Å². The zero-order chi connectivity index (χ0) is 19.1. The number of rotatable bonds is 5. The molecule has 10 heteroatoms. The summed E-state index contributed by atoms with van der Waals surface area (Å²) in [5.41, 5.74) is 5.50. The van der Waals surface area contributed by atoms with E-state index in [-0.39, 0.29) is 23.8 Å². The van der Waals surface area contributed by atoms with Crippen molar-refractivity contribution in [2.24, 2.45) is 17.6 Å². The van der Waals surface area contributed by atoms with Crippen molar-refractivity contribution in [3.8, 4) is 0 Å². The van der Waals surface area contributed by atoms with Crippen LogP contribution in [0.15, 0.2) is 0 Å². The SMILES string of the molecule is CC(C)C(CCN)C(=O)NC1C[C@@H](O)[C@@H](O)C1.O=C(O)C(F)(F)F. The molecule has 2 unspecified atom stereocenters. The molecule has 0 spiro atoms. The molecule has 0 aromatic rings. The van der Waals surface area contributed by atoms with E-state index in [2.05, 4.69) is 5.32 Å². The number of nitrogens with one attached hydrogen (secondary N) is 1. The first-order chi connectivity index (χ1) is 10.9. The zero-order valence-corrected chi connectivity index (χ0v) is 13.6. The summed E-state index contributed by atoms with van der Waals surface area (Å²) in [5.74, 6) is -2.62. The Morgan fingerprint density at radius 3 is 1.92 bits per heavy atom. The van der Waals surface area contributed by atoms with E-state index in [4.69, 9.17) is 15.6 Å². The Labute approximate surface area is 138 Å². The number of carboxylic acids is 1. The molecule has 1 aliphatic rings. The topological polar surface area (TPSA) is 133 Å². The predicted octanol–water partition coefficient (Wildman–Crippen LogP) is 0.241. The van der Waals surface area contributed by atoms with Gasteiger partial charge >= 0.3 is 12.1 Å². The van der Waals surface area contributed by atoms with Crippen molar-refractivity contribution in [1.29, 1.82) is 0 Å². The lowest BCUT2D eigenvalue weighted by Gasteiger charge is -2.22. The lowest BCUT2D eigenvalue weighted by molar-refractivity contribution is -0.192. The van der Waals surface area contributed by atoms with Gasteiger partial charge in [-0.3, -0.25) is 4.79 Å². The molecule has 1 aliphatic carbocycles. The number of halogens is 3. The summed E-state index contributed by atoms with van der Waals surface area (Å²) in [5, 5.41) is 28.8. The number of carboxylic acid groups (broad SMARTS) is 1. The van der Waals surface area contributed by atoms with E-state index >= 15 is 0 Å². The second-order valence-corrected chi connectivity index (χ2v) is 6.04. The summed E-state index contributed by atoms with van der Waals surface area (Å²) in [4.78, 5) is 20.9. The number of carbonyl (C=O) groups excluding carboxylic acids is 1. The number of carbonyl (C=O) groups is 2. The van der Waals surface area contributed by atoms with Crippen molar-refractivity contribution >= 4 is 11.9 Å². The lowest BCUT2D eigenvalue weighted by atomic mass is 9.91. The van der Waals surface area contributed by atoms with Crippen LogP contribution in [0.3, 0.4) is 0 Å². The van der Waals surface area contributed by atoms with Gasteiger partial charge in [0.15, 0.2) is 0 Å². The molecule has 1 rings (SSSR count). The lowest BCUT2D eigenvalue weighted by Crippen LogP contribution is -2.40. The summed E-state index contributed by atoms with van der Waals surface area (Å²) < 4.78 is 31.7. The molecule has 4 atom stereocenters. The average molecular weight is 358 g/mol. The highest BCUT2D eigenvalue weighted by molar-refractivity contribution is 5.79. The Kier molecular flexibility index (Phi) is 9.23. The molecule has 0 aliphatic heterocycles. The Bertz CT molecular complexity index is 408. The number of aliphatic hydroxyl groups is 2. The van der Waals surface area contributed by atoms with Gasteiger partial charge in [0.1, 0.15) is 0 Å². The average Bonchev–Trinajstić information content (AvgIpc) is 2.73. The van der Waals surface area contributed by atoms with Crippen molar-refractivity contribution < 1.29 is 38.1 Å². The minimum Gasteiger partial charge on any atom is -0.475 e. The smallest absolute Gasteiger partial charge is 0.475 e. The first-order valence-corrected chi connectivity index (χ1v) is 7.56. The summed E-state index contributed by atoms with van der Waals surface area (Å²) >= 11 is 0. The molecule has 1 amide bonds. The molecule has 24 heavy (non-hydrogen) atoms. The number of aliphatic hydroxyl groups excluding tert-OH is 2. The van der Waals surface area contributed by atoms with Gasteiger partial charge in [-0.15, -0.1) is 0 Å². The van der Waals surface area contributed by atoms with Gasteiger partial charge < -0.3 is 26.4 Å². The standard InChI is InChI=1S/C12H24N2O3.C2HF3O2/c1-7(2)9(3-4-13)12(17)14-8-5-10(15)11(16)6-8;3-2(4,5)1(6)7/h7-11,15-16H,3-6,13H2,1-2H3,(H,14,17);(H,6,7)/t8?,9?,10-,11+;. The van der Waals surface area contributed by atoms with E-state index in [1.807, 2.05) is 13.8 Å². The molecule has 6 N–H and O–H groups in total. The van der Waals surface area contributed by atoms with E-state index in [0.717, 1.165) is 0 Å². The zero-order valence-electron chi connectivity index (χ0n) is 13.6. The van der Waals surface area contributed by atoms with Crippen LogP contribution in [-0.2, 0) is 9.59 Å². The Morgan fingerprint density at radius 2 is 1.62 bits per heavy atom. The summed E-state index contributed by atoms with van der Waals surface area (Å²) in [6.07, 6.45) is -4.98. The molecule has 1 saturated carbocycles. The van der Waals surface area contributed by atoms with Gasteiger partial charge in [-0.25, -0.2) is 4.79 Å². The van der Waals surface area contributed by atoms with Crippen LogP contribution in [-0.4, -0.2) is 58.2 Å². The van der Waals surface area contributed by atoms with Crippen LogP contribution in [0, 0.1) is 11.8 Å². The fourth-order valence-corrected chi connectivity index (χ4v) is 2.37. The molecule has 1 fully saturated rings. The molecule has 0 aromatic heterocycles. The summed E-state index contributed by atoms with van der Waals surface area (Å²) in [7, 11) is 0. The molecule has 0 heterocycles. The molecule has 0 saturated heterocycles.